The van der Waals surface area contributed by atoms with Crippen molar-refractivity contribution in [1.82, 2.24) is 5.32 Å². The molecule has 0 heterocycles. The smallest absolute Gasteiger partial charge is 0.408 e. The molecule has 0 radical (unpaired) electrons. The minimum absolute atomic E-state index is 0.268. The molecule has 0 aliphatic rings. The molecule has 0 aromatic heterocycles. The number of carbonyl (C=O) groups is 1. The largest absolute Gasteiger partial charge is 0.444 e. The second-order valence-corrected chi connectivity index (χ2v) is 5.98. The summed E-state index contributed by atoms with van der Waals surface area (Å²) >= 11 is 3.44. The van der Waals surface area contributed by atoms with Gasteiger partial charge in [0.25, 0.3) is 0 Å². The molecule has 1 aromatic carbocycles. The van der Waals surface area contributed by atoms with Crippen molar-refractivity contribution in [2.24, 2.45) is 0 Å². The van der Waals surface area contributed by atoms with Crippen molar-refractivity contribution in [2.45, 2.75) is 33.3 Å². The molecule has 1 aromatic rings. The van der Waals surface area contributed by atoms with Crippen molar-refractivity contribution in [3.63, 3.8) is 0 Å². The summed E-state index contributed by atoms with van der Waals surface area (Å²) in [4.78, 5) is 11.4. The summed E-state index contributed by atoms with van der Waals surface area (Å²) in [6, 6.07) is 5.88. The fourth-order valence-corrected chi connectivity index (χ4v) is 1.55. The van der Waals surface area contributed by atoms with Crippen LogP contribution < -0.4 is 5.32 Å². The van der Waals surface area contributed by atoms with Gasteiger partial charge in [0.2, 0.25) is 0 Å². The third-order valence-corrected chi connectivity index (χ3v) is 3.00. The number of benzene rings is 1. The summed E-state index contributed by atoms with van der Waals surface area (Å²) in [7, 11) is 0. The van der Waals surface area contributed by atoms with Gasteiger partial charge < -0.3 is 10.1 Å². The van der Waals surface area contributed by atoms with Gasteiger partial charge in [0.1, 0.15) is 5.60 Å². The van der Waals surface area contributed by atoms with E-state index in [1.165, 1.54) is 0 Å². The molecular weight excluding hydrogens is 306 g/mol. The second kappa shape index (κ2) is 6.63. The van der Waals surface area contributed by atoms with Crippen molar-refractivity contribution in [3.8, 4) is 11.8 Å². The zero-order valence-electron chi connectivity index (χ0n) is 11.6. The molecule has 4 heteroatoms. The topological polar surface area (TPSA) is 38.3 Å². The van der Waals surface area contributed by atoms with E-state index in [-0.39, 0.29) is 6.54 Å². The van der Waals surface area contributed by atoms with Gasteiger partial charge in [-0.2, -0.15) is 0 Å². The van der Waals surface area contributed by atoms with Crippen LogP contribution in [0.25, 0.3) is 0 Å². The standard InChI is InChI=1S/C15H18BrNO2/c1-11-10-12(7-8-13(11)16)6-5-9-17-14(18)19-15(2,3)4/h7-8,10H,9H2,1-4H3,(H,17,18). The minimum atomic E-state index is -0.486. The zero-order chi connectivity index (χ0) is 14.5. The van der Waals surface area contributed by atoms with Crippen LogP contribution in [0.3, 0.4) is 0 Å². The maximum Gasteiger partial charge on any atom is 0.408 e. The molecule has 0 unspecified atom stereocenters. The number of halogens is 1. The molecular formula is C15H18BrNO2. The van der Waals surface area contributed by atoms with E-state index in [9.17, 15) is 4.79 Å². The highest BCUT2D eigenvalue weighted by atomic mass is 79.9. The number of aryl methyl sites for hydroxylation is 1. The Morgan fingerprint density at radius 2 is 2.11 bits per heavy atom. The van der Waals surface area contributed by atoms with Gasteiger partial charge in [-0.25, -0.2) is 4.79 Å². The SMILES string of the molecule is Cc1cc(C#CCNC(=O)OC(C)(C)C)ccc1Br. The molecule has 0 aliphatic carbocycles. The average molecular weight is 324 g/mol. The first-order valence-corrected chi connectivity index (χ1v) is 6.79. The maximum atomic E-state index is 11.4. The van der Waals surface area contributed by atoms with E-state index < -0.39 is 11.7 Å². The van der Waals surface area contributed by atoms with Gasteiger partial charge in [0.05, 0.1) is 6.54 Å². The van der Waals surface area contributed by atoms with Gasteiger partial charge in [0.15, 0.2) is 0 Å². The Morgan fingerprint density at radius 3 is 2.68 bits per heavy atom. The van der Waals surface area contributed by atoms with Crippen molar-refractivity contribution in [1.29, 1.82) is 0 Å². The molecule has 0 bridgehead atoms. The van der Waals surface area contributed by atoms with Crippen LogP contribution in [0.1, 0.15) is 31.9 Å². The van der Waals surface area contributed by atoms with E-state index in [4.69, 9.17) is 4.74 Å². The predicted octanol–water partition coefficient (Wildman–Crippen LogP) is 3.63. The van der Waals surface area contributed by atoms with Crippen LogP contribution in [0.4, 0.5) is 4.79 Å². The maximum absolute atomic E-state index is 11.4. The van der Waals surface area contributed by atoms with E-state index >= 15 is 0 Å². The molecule has 0 spiro atoms. The quantitative estimate of drug-likeness (QED) is 0.801. The zero-order valence-corrected chi connectivity index (χ0v) is 13.2. The number of nitrogens with one attached hydrogen (secondary N) is 1. The monoisotopic (exact) mass is 323 g/mol. The van der Waals surface area contributed by atoms with Crippen LogP contribution in [0, 0.1) is 18.8 Å². The number of amides is 1. The van der Waals surface area contributed by atoms with E-state index in [2.05, 4.69) is 33.1 Å². The fraction of sp³-hybridized carbons (Fsp3) is 0.400. The summed E-state index contributed by atoms with van der Waals surface area (Å²) in [5.74, 6) is 5.88. The molecule has 0 saturated carbocycles. The molecule has 0 aliphatic heterocycles. The number of hydrogen-bond donors (Lipinski definition) is 1. The summed E-state index contributed by atoms with van der Waals surface area (Å²) < 4.78 is 6.16. The first-order chi connectivity index (χ1) is 8.78. The Kier molecular flexibility index (Phi) is 5.44. The van der Waals surface area contributed by atoms with Crippen LogP contribution >= 0.6 is 15.9 Å². The molecule has 19 heavy (non-hydrogen) atoms. The van der Waals surface area contributed by atoms with E-state index in [0.717, 1.165) is 15.6 Å². The highest BCUT2D eigenvalue weighted by Gasteiger charge is 2.14. The Hall–Kier alpha value is -1.47. The molecule has 1 rings (SSSR count). The third-order valence-electron chi connectivity index (χ3n) is 2.11. The Balaban J connectivity index is 2.47. The van der Waals surface area contributed by atoms with Crippen molar-refractivity contribution in [3.05, 3.63) is 33.8 Å². The van der Waals surface area contributed by atoms with E-state index in [1.54, 1.807) is 0 Å². The number of rotatable bonds is 1. The van der Waals surface area contributed by atoms with Crippen molar-refractivity contribution in [2.75, 3.05) is 6.54 Å². The fourth-order valence-electron chi connectivity index (χ4n) is 1.30. The Bertz CT molecular complexity index is 521. The summed E-state index contributed by atoms with van der Waals surface area (Å²) in [5, 5.41) is 2.59. The van der Waals surface area contributed by atoms with Gasteiger partial charge in [0, 0.05) is 10.0 Å². The highest BCUT2D eigenvalue weighted by molar-refractivity contribution is 9.10. The summed E-state index contributed by atoms with van der Waals surface area (Å²) in [6.45, 7) is 7.74. The van der Waals surface area contributed by atoms with Crippen molar-refractivity contribution < 1.29 is 9.53 Å². The number of carbonyl (C=O) groups excluding carboxylic acids is 1. The molecule has 102 valence electrons. The van der Waals surface area contributed by atoms with Crippen LogP contribution in [-0.2, 0) is 4.74 Å². The average Bonchev–Trinajstić information content (AvgIpc) is 2.27. The van der Waals surface area contributed by atoms with Gasteiger partial charge in [-0.15, -0.1) is 0 Å². The second-order valence-electron chi connectivity index (χ2n) is 5.12. The molecule has 0 atom stereocenters. The van der Waals surface area contributed by atoms with Crippen LogP contribution in [0.15, 0.2) is 22.7 Å². The minimum Gasteiger partial charge on any atom is -0.444 e. The van der Waals surface area contributed by atoms with E-state index in [1.807, 2.05) is 45.9 Å². The lowest BCUT2D eigenvalue weighted by atomic mass is 10.1. The van der Waals surface area contributed by atoms with Gasteiger partial charge >= 0.3 is 6.09 Å². The molecule has 3 nitrogen and oxygen atoms in total. The molecule has 0 fully saturated rings. The number of alkyl carbamates (subject to hydrolysis) is 1. The van der Waals surface area contributed by atoms with Crippen LogP contribution in [-0.4, -0.2) is 18.2 Å². The van der Waals surface area contributed by atoms with Crippen LogP contribution in [0.5, 0.6) is 0 Å². The Morgan fingerprint density at radius 1 is 1.42 bits per heavy atom. The normalized spacial score (nSPS) is 10.4. The molecule has 1 N–H and O–H groups in total. The summed E-state index contributed by atoms with van der Waals surface area (Å²) in [5.41, 5.74) is 1.57. The molecule has 0 saturated heterocycles. The first kappa shape index (κ1) is 15.6. The third kappa shape index (κ3) is 6.30. The van der Waals surface area contributed by atoms with Crippen molar-refractivity contribution >= 4 is 22.0 Å². The lowest BCUT2D eigenvalue weighted by molar-refractivity contribution is 0.0535. The van der Waals surface area contributed by atoms with Crippen LogP contribution in [0.2, 0.25) is 0 Å². The van der Waals surface area contributed by atoms with Gasteiger partial charge in [-0.3, -0.25) is 0 Å². The number of ether oxygens (including phenoxy) is 1. The predicted molar refractivity (Wildman–Crippen MR) is 80.0 cm³/mol. The van der Waals surface area contributed by atoms with Gasteiger partial charge in [-0.05, 0) is 51.5 Å². The van der Waals surface area contributed by atoms with Gasteiger partial charge in [-0.1, -0.05) is 27.8 Å². The lowest BCUT2D eigenvalue weighted by Gasteiger charge is -2.18. The lowest BCUT2D eigenvalue weighted by Crippen LogP contribution is -2.32. The highest BCUT2D eigenvalue weighted by Crippen LogP contribution is 2.16. The number of hydrogen-bond acceptors (Lipinski definition) is 2. The summed E-state index contributed by atoms with van der Waals surface area (Å²) in [6.07, 6.45) is -0.450. The Labute approximate surface area is 122 Å². The van der Waals surface area contributed by atoms with E-state index in [0.29, 0.717) is 0 Å². The first-order valence-electron chi connectivity index (χ1n) is 6.00. The molecule has 1 amide bonds.